The molecule has 10 heteroatoms. The molecular formula is C29H33ClFN3O4S. The lowest BCUT2D eigenvalue weighted by atomic mass is 10.1. The summed E-state index contributed by atoms with van der Waals surface area (Å²) >= 11 is 6.16. The smallest absolute Gasteiger partial charge is 0.264 e. The number of hydrogen-bond donors (Lipinski definition) is 1. The molecule has 39 heavy (non-hydrogen) atoms. The van der Waals surface area contributed by atoms with E-state index in [1.165, 1.54) is 4.90 Å². The van der Waals surface area contributed by atoms with Crippen molar-refractivity contribution in [3.63, 3.8) is 0 Å². The molecule has 1 N–H and O–H groups in total. The van der Waals surface area contributed by atoms with Crippen LogP contribution in [0.3, 0.4) is 0 Å². The van der Waals surface area contributed by atoms with Crippen molar-refractivity contribution in [3.8, 4) is 0 Å². The maximum absolute atomic E-state index is 13.9. The molecule has 0 saturated heterocycles. The van der Waals surface area contributed by atoms with Crippen LogP contribution >= 0.6 is 11.6 Å². The third kappa shape index (κ3) is 7.80. The predicted octanol–water partition coefficient (Wildman–Crippen LogP) is 5.31. The van der Waals surface area contributed by atoms with Gasteiger partial charge in [0, 0.05) is 17.6 Å². The highest BCUT2D eigenvalue weighted by Gasteiger charge is 2.32. The van der Waals surface area contributed by atoms with Crippen LogP contribution in [0.2, 0.25) is 5.02 Å². The van der Waals surface area contributed by atoms with Crippen molar-refractivity contribution in [1.29, 1.82) is 0 Å². The number of carbonyl (C=O) groups is 2. The van der Waals surface area contributed by atoms with Crippen molar-refractivity contribution in [2.45, 2.75) is 57.6 Å². The lowest BCUT2D eigenvalue weighted by Gasteiger charge is -2.32. The lowest BCUT2D eigenvalue weighted by Crippen LogP contribution is -2.52. The fourth-order valence-electron chi connectivity index (χ4n) is 3.85. The monoisotopic (exact) mass is 573 g/mol. The lowest BCUT2D eigenvalue weighted by molar-refractivity contribution is -0.139. The normalized spacial score (nSPS) is 12.9. The van der Waals surface area contributed by atoms with Crippen LogP contribution in [0.1, 0.15) is 38.3 Å². The first-order valence-electron chi connectivity index (χ1n) is 12.6. The van der Waals surface area contributed by atoms with Gasteiger partial charge in [0.1, 0.15) is 18.4 Å². The Labute approximate surface area is 234 Å². The molecule has 0 bridgehead atoms. The van der Waals surface area contributed by atoms with Gasteiger partial charge in [0.25, 0.3) is 10.0 Å². The van der Waals surface area contributed by atoms with Gasteiger partial charge in [-0.15, -0.1) is 0 Å². The second kappa shape index (κ2) is 13.1. The van der Waals surface area contributed by atoms with E-state index in [2.05, 4.69) is 5.32 Å². The average molecular weight is 574 g/mol. The SMILES string of the molecule is CC[C@H](C)NC(=O)[C@H](C)N(Cc1cccc(Cl)c1)C(=O)CN(c1ccc(C)cc1)S(=O)(=O)c1ccc(F)cc1. The Morgan fingerprint density at radius 1 is 1.00 bits per heavy atom. The van der Waals surface area contributed by atoms with E-state index in [0.29, 0.717) is 17.0 Å². The zero-order chi connectivity index (χ0) is 28.7. The van der Waals surface area contributed by atoms with Crippen molar-refractivity contribution >= 4 is 39.1 Å². The minimum absolute atomic E-state index is 0.0345. The number of hydrogen-bond acceptors (Lipinski definition) is 4. The topological polar surface area (TPSA) is 86.8 Å². The van der Waals surface area contributed by atoms with Crippen LogP contribution in [0.4, 0.5) is 10.1 Å². The number of nitrogens with one attached hydrogen (secondary N) is 1. The average Bonchev–Trinajstić information content (AvgIpc) is 2.90. The van der Waals surface area contributed by atoms with Gasteiger partial charge in [-0.2, -0.15) is 0 Å². The molecule has 0 aliphatic carbocycles. The largest absolute Gasteiger partial charge is 0.352 e. The molecule has 0 aromatic heterocycles. The molecule has 0 aliphatic rings. The fraction of sp³-hybridized carbons (Fsp3) is 0.310. The van der Waals surface area contributed by atoms with Crippen LogP contribution in [-0.2, 0) is 26.2 Å². The zero-order valence-corrected chi connectivity index (χ0v) is 24.0. The molecule has 0 spiro atoms. The number of amides is 2. The number of carbonyl (C=O) groups excluding carboxylic acids is 2. The van der Waals surface area contributed by atoms with Gasteiger partial charge in [0.05, 0.1) is 10.6 Å². The van der Waals surface area contributed by atoms with E-state index in [-0.39, 0.29) is 29.1 Å². The minimum atomic E-state index is -4.26. The minimum Gasteiger partial charge on any atom is -0.352 e. The first kappa shape index (κ1) is 30.1. The highest BCUT2D eigenvalue weighted by atomic mass is 35.5. The summed E-state index contributed by atoms with van der Waals surface area (Å²) in [7, 11) is -4.26. The second-order valence-electron chi connectivity index (χ2n) is 9.45. The highest BCUT2D eigenvalue weighted by Crippen LogP contribution is 2.25. The Kier molecular flexibility index (Phi) is 10.1. The summed E-state index contributed by atoms with van der Waals surface area (Å²) in [5.74, 6) is -1.53. The van der Waals surface area contributed by atoms with Crippen molar-refractivity contribution in [1.82, 2.24) is 10.2 Å². The molecule has 3 aromatic rings. The molecule has 208 valence electrons. The molecule has 3 rings (SSSR count). The van der Waals surface area contributed by atoms with E-state index in [0.717, 1.165) is 34.1 Å². The van der Waals surface area contributed by atoms with Crippen LogP contribution in [0.5, 0.6) is 0 Å². The Morgan fingerprint density at radius 3 is 2.23 bits per heavy atom. The molecular weight excluding hydrogens is 541 g/mol. The van der Waals surface area contributed by atoms with Gasteiger partial charge >= 0.3 is 0 Å². The van der Waals surface area contributed by atoms with E-state index in [9.17, 15) is 22.4 Å². The van der Waals surface area contributed by atoms with Crippen LogP contribution in [-0.4, -0.2) is 43.8 Å². The van der Waals surface area contributed by atoms with Gasteiger partial charge in [-0.1, -0.05) is 48.4 Å². The number of anilines is 1. The Morgan fingerprint density at radius 2 is 1.64 bits per heavy atom. The maximum Gasteiger partial charge on any atom is 0.264 e. The maximum atomic E-state index is 13.9. The van der Waals surface area contributed by atoms with E-state index in [1.807, 2.05) is 20.8 Å². The molecule has 7 nitrogen and oxygen atoms in total. The quantitative estimate of drug-likeness (QED) is 0.337. The Bertz CT molecular complexity index is 1400. The first-order valence-corrected chi connectivity index (χ1v) is 14.4. The number of benzene rings is 3. The van der Waals surface area contributed by atoms with Crippen molar-refractivity contribution in [2.75, 3.05) is 10.8 Å². The summed E-state index contributed by atoms with van der Waals surface area (Å²) in [6, 6.07) is 17.0. The summed E-state index contributed by atoms with van der Waals surface area (Å²) in [5, 5.41) is 3.36. The fourth-order valence-corrected chi connectivity index (χ4v) is 5.48. The van der Waals surface area contributed by atoms with Crippen LogP contribution in [0.25, 0.3) is 0 Å². The molecule has 0 unspecified atom stereocenters. The molecule has 0 saturated carbocycles. The van der Waals surface area contributed by atoms with Gasteiger partial charge in [-0.05, 0) is 81.3 Å². The number of aryl methyl sites for hydroxylation is 1. The van der Waals surface area contributed by atoms with E-state index in [4.69, 9.17) is 11.6 Å². The number of halogens is 2. The molecule has 0 radical (unpaired) electrons. The molecule has 0 heterocycles. The van der Waals surface area contributed by atoms with Crippen molar-refractivity contribution in [3.05, 3.63) is 94.8 Å². The number of nitrogens with zero attached hydrogens (tertiary/aromatic N) is 2. The molecule has 2 atom stereocenters. The third-order valence-corrected chi connectivity index (χ3v) is 8.44. The van der Waals surface area contributed by atoms with Crippen LogP contribution in [0, 0.1) is 12.7 Å². The number of sulfonamides is 1. The predicted molar refractivity (Wildman–Crippen MR) is 151 cm³/mol. The third-order valence-electron chi connectivity index (χ3n) is 6.41. The molecule has 0 aliphatic heterocycles. The first-order chi connectivity index (χ1) is 18.4. The van der Waals surface area contributed by atoms with Crippen molar-refractivity contribution in [2.24, 2.45) is 0 Å². The van der Waals surface area contributed by atoms with E-state index in [1.54, 1.807) is 55.5 Å². The molecule has 3 aromatic carbocycles. The van der Waals surface area contributed by atoms with Gasteiger partial charge in [0.2, 0.25) is 11.8 Å². The van der Waals surface area contributed by atoms with E-state index < -0.39 is 34.3 Å². The summed E-state index contributed by atoms with van der Waals surface area (Å²) in [4.78, 5) is 28.1. The summed E-state index contributed by atoms with van der Waals surface area (Å²) in [6.07, 6.45) is 0.706. The molecule has 2 amide bonds. The van der Waals surface area contributed by atoms with Gasteiger partial charge in [-0.25, -0.2) is 12.8 Å². The summed E-state index contributed by atoms with van der Waals surface area (Å²) in [5.41, 5.74) is 1.85. The molecule has 0 fully saturated rings. The van der Waals surface area contributed by atoms with Gasteiger partial charge in [0.15, 0.2) is 0 Å². The van der Waals surface area contributed by atoms with Crippen LogP contribution in [0.15, 0.2) is 77.7 Å². The Hall–Kier alpha value is -3.43. The second-order valence-corrected chi connectivity index (χ2v) is 11.7. The summed E-state index contributed by atoms with van der Waals surface area (Å²) < 4.78 is 42.0. The Balaban J connectivity index is 2.02. The van der Waals surface area contributed by atoms with Gasteiger partial charge in [-0.3, -0.25) is 13.9 Å². The summed E-state index contributed by atoms with van der Waals surface area (Å²) in [6.45, 7) is 6.71. The van der Waals surface area contributed by atoms with Crippen LogP contribution < -0.4 is 9.62 Å². The highest BCUT2D eigenvalue weighted by molar-refractivity contribution is 7.92. The standard InChI is InChI=1S/C29H33ClFN3O4S/c1-5-21(3)32-29(36)22(4)33(18-23-7-6-8-24(30)17-23)28(35)19-34(26-13-9-20(2)10-14-26)39(37,38)27-15-11-25(31)12-16-27/h6-17,21-22H,5,18-19H2,1-4H3,(H,32,36)/t21-,22-/m0/s1. The van der Waals surface area contributed by atoms with E-state index >= 15 is 0 Å². The van der Waals surface area contributed by atoms with Gasteiger partial charge < -0.3 is 10.2 Å². The number of rotatable bonds is 11. The van der Waals surface area contributed by atoms with Crippen molar-refractivity contribution < 1.29 is 22.4 Å². The zero-order valence-electron chi connectivity index (χ0n) is 22.4.